The van der Waals surface area contributed by atoms with Gasteiger partial charge in [0.25, 0.3) is 11.8 Å². The van der Waals surface area contributed by atoms with Crippen LogP contribution in [0.4, 0.5) is 4.79 Å². The molecule has 1 aromatic carbocycles. The van der Waals surface area contributed by atoms with Gasteiger partial charge in [0.15, 0.2) is 6.10 Å². The van der Waals surface area contributed by atoms with Crippen LogP contribution in [0.15, 0.2) is 30.3 Å². The molecular weight excluding hydrogens is 362 g/mol. The predicted octanol–water partition coefficient (Wildman–Crippen LogP) is 1.07. The van der Waals surface area contributed by atoms with Gasteiger partial charge in [-0.1, -0.05) is 44.2 Å². The minimum Gasteiger partial charge on any atom is -0.436 e. The number of rotatable bonds is 10. The summed E-state index contributed by atoms with van der Waals surface area (Å²) in [6, 6.07) is 8.00. The second-order valence-corrected chi connectivity index (χ2v) is 7.42. The third-order valence-electron chi connectivity index (χ3n) is 4.29. The second kappa shape index (κ2) is 9.87. The Kier molecular flexibility index (Phi) is 7.54. The van der Waals surface area contributed by atoms with Crippen LogP contribution in [-0.4, -0.2) is 41.9 Å². The lowest BCUT2D eigenvalue weighted by Crippen LogP contribution is -2.52. The Balaban J connectivity index is 2.13. The van der Waals surface area contributed by atoms with E-state index in [1.165, 1.54) is 0 Å². The zero-order valence-electron chi connectivity index (χ0n) is 16.1. The highest BCUT2D eigenvalue weighted by atomic mass is 16.6. The molecule has 152 valence electrons. The maximum absolute atomic E-state index is 12.7. The number of nitrogens with two attached hydrogens (primary N) is 1. The number of Topliss-reactive ketones (excluding diaryl/α,β-unsaturated/α-hetero) is 1. The molecule has 1 saturated carbocycles. The average molecular weight is 389 g/mol. The van der Waals surface area contributed by atoms with Crippen molar-refractivity contribution >= 4 is 23.7 Å². The molecule has 28 heavy (non-hydrogen) atoms. The number of ether oxygens (including phenoxy) is 1. The molecule has 3 amide bonds. The van der Waals surface area contributed by atoms with Crippen LogP contribution in [0.25, 0.3) is 0 Å². The number of amides is 3. The molecule has 1 fully saturated rings. The van der Waals surface area contributed by atoms with Crippen LogP contribution in [0.1, 0.15) is 38.7 Å². The minimum absolute atomic E-state index is 0.0245. The standard InChI is InChI=1S/C20H27N3O5/c1-12(2)10-16(28-20(21)27)18(25)23-15(11-13-6-4-3-5-7-13)17(24)19(26)22-14-8-9-14/h3-7,12,14-16H,8-11H2,1-2H3,(H2,21,27)(H,22,26)(H,23,25)/t15-,16-/m0/s1. The largest absolute Gasteiger partial charge is 0.436 e. The van der Waals surface area contributed by atoms with Crippen molar-refractivity contribution in [2.24, 2.45) is 11.7 Å². The second-order valence-electron chi connectivity index (χ2n) is 7.42. The lowest BCUT2D eigenvalue weighted by atomic mass is 10.00. The van der Waals surface area contributed by atoms with Crippen LogP contribution >= 0.6 is 0 Å². The summed E-state index contributed by atoms with van der Waals surface area (Å²) in [4.78, 5) is 48.6. The SMILES string of the molecule is CC(C)C[C@H](OC(N)=O)C(=O)N[C@@H](Cc1ccccc1)C(=O)C(=O)NC1CC1. The number of benzene rings is 1. The number of primary amides is 1. The van der Waals surface area contributed by atoms with Crippen LogP contribution < -0.4 is 16.4 Å². The van der Waals surface area contributed by atoms with E-state index in [9.17, 15) is 19.2 Å². The van der Waals surface area contributed by atoms with Gasteiger partial charge in [0.1, 0.15) is 6.04 Å². The van der Waals surface area contributed by atoms with Gasteiger partial charge in [-0.25, -0.2) is 4.79 Å². The summed E-state index contributed by atoms with van der Waals surface area (Å²) in [5, 5.41) is 5.21. The van der Waals surface area contributed by atoms with Crippen LogP contribution in [0.2, 0.25) is 0 Å². The fourth-order valence-corrected chi connectivity index (χ4v) is 2.74. The van der Waals surface area contributed by atoms with Crippen molar-refractivity contribution in [3.05, 3.63) is 35.9 Å². The van der Waals surface area contributed by atoms with Gasteiger partial charge in [0, 0.05) is 12.5 Å². The Morgan fingerprint density at radius 3 is 2.32 bits per heavy atom. The molecule has 0 radical (unpaired) electrons. The van der Waals surface area contributed by atoms with Crippen molar-refractivity contribution in [3.63, 3.8) is 0 Å². The monoisotopic (exact) mass is 389 g/mol. The summed E-state index contributed by atoms with van der Waals surface area (Å²) in [7, 11) is 0. The van der Waals surface area contributed by atoms with E-state index < -0.39 is 35.8 Å². The van der Waals surface area contributed by atoms with E-state index in [1.807, 2.05) is 19.9 Å². The van der Waals surface area contributed by atoms with E-state index in [0.717, 1.165) is 18.4 Å². The molecule has 2 rings (SSSR count). The Hall–Kier alpha value is -2.90. The average Bonchev–Trinajstić information content (AvgIpc) is 3.44. The normalized spacial score (nSPS) is 15.4. The molecular formula is C20H27N3O5. The molecule has 0 aliphatic heterocycles. The Morgan fingerprint density at radius 1 is 1.14 bits per heavy atom. The van der Waals surface area contributed by atoms with Gasteiger partial charge >= 0.3 is 6.09 Å². The van der Waals surface area contributed by atoms with Crippen molar-refractivity contribution < 1.29 is 23.9 Å². The Morgan fingerprint density at radius 2 is 1.79 bits per heavy atom. The van der Waals surface area contributed by atoms with Gasteiger partial charge in [-0.3, -0.25) is 14.4 Å². The molecule has 0 spiro atoms. The van der Waals surface area contributed by atoms with E-state index in [-0.39, 0.29) is 24.8 Å². The molecule has 0 unspecified atom stereocenters. The summed E-state index contributed by atoms with van der Waals surface area (Å²) in [6.07, 6.45) is -0.118. The molecule has 8 heteroatoms. The molecule has 0 aromatic heterocycles. The molecule has 4 N–H and O–H groups in total. The number of nitrogens with one attached hydrogen (secondary N) is 2. The van der Waals surface area contributed by atoms with Gasteiger partial charge in [-0.15, -0.1) is 0 Å². The van der Waals surface area contributed by atoms with Gasteiger partial charge < -0.3 is 21.1 Å². The lowest BCUT2D eigenvalue weighted by Gasteiger charge is -2.22. The van der Waals surface area contributed by atoms with Crippen LogP contribution in [0.3, 0.4) is 0 Å². The summed E-state index contributed by atoms with van der Waals surface area (Å²) in [5.41, 5.74) is 5.85. The Labute approximate surface area is 164 Å². The van der Waals surface area contributed by atoms with Gasteiger partial charge in [-0.2, -0.15) is 0 Å². The highest BCUT2D eigenvalue weighted by molar-refractivity contribution is 6.38. The van der Waals surface area contributed by atoms with E-state index in [1.54, 1.807) is 24.3 Å². The number of carbonyl (C=O) groups is 4. The fraction of sp³-hybridized carbons (Fsp3) is 0.500. The summed E-state index contributed by atoms with van der Waals surface area (Å²) in [5.74, 6) is -2.05. The summed E-state index contributed by atoms with van der Waals surface area (Å²) < 4.78 is 4.90. The van der Waals surface area contributed by atoms with Crippen molar-refractivity contribution in [1.29, 1.82) is 0 Å². The third kappa shape index (κ3) is 7.02. The van der Waals surface area contributed by atoms with E-state index >= 15 is 0 Å². The number of hydrogen-bond donors (Lipinski definition) is 3. The smallest absolute Gasteiger partial charge is 0.405 e. The molecule has 1 aromatic rings. The number of ketones is 1. The first-order valence-corrected chi connectivity index (χ1v) is 9.41. The van der Waals surface area contributed by atoms with Crippen molar-refractivity contribution in [3.8, 4) is 0 Å². The first kappa shape index (κ1) is 21.4. The number of carbonyl (C=O) groups excluding carboxylic acids is 4. The van der Waals surface area contributed by atoms with Crippen molar-refractivity contribution in [2.75, 3.05) is 0 Å². The maximum atomic E-state index is 12.7. The van der Waals surface area contributed by atoms with Crippen molar-refractivity contribution in [1.82, 2.24) is 10.6 Å². The maximum Gasteiger partial charge on any atom is 0.405 e. The zero-order chi connectivity index (χ0) is 20.7. The Bertz CT molecular complexity index is 716. The van der Waals surface area contributed by atoms with E-state index in [4.69, 9.17) is 10.5 Å². The predicted molar refractivity (Wildman–Crippen MR) is 102 cm³/mol. The highest BCUT2D eigenvalue weighted by Gasteiger charge is 2.33. The van der Waals surface area contributed by atoms with Gasteiger partial charge in [0.2, 0.25) is 5.78 Å². The summed E-state index contributed by atoms with van der Waals surface area (Å²) in [6.45, 7) is 3.72. The fourth-order valence-electron chi connectivity index (χ4n) is 2.74. The topological polar surface area (TPSA) is 128 Å². The lowest BCUT2D eigenvalue weighted by molar-refractivity contribution is -0.141. The highest BCUT2D eigenvalue weighted by Crippen LogP contribution is 2.18. The van der Waals surface area contributed by atoms with E-state index in [2.05, 4.69) is 10.6 Å². The molecule has 8 nitrogen and oxygen atoms in total. The molecule has 2 atom stereocenters. The summed E-state index contributed by atoms with van der Waals surface area (Å²) >= 11 is 0. The molecule has 1 aliphatic rings. The first-order valence-electron chi connectivity index (χ1n) is 9.41. The third-order valence-corrected chi connectivity index (χ3v) is 4.29. The number of hydrogen-bond acceptors (Lipinski definition) is 5. The van der Waals surface area contributed by atoms with Gasteiger partial charge in [-0.05, 0) is 30.7 Å². The quantitative estimate of drug-likeness (QED) is 0.516. The molecule has 0 saturated heterocycles. The van der Waals surface area contributed by atoms with Crippen LogP contribution in [-0.2, 0) is 25.5 Å². The molecule has 1 aliphatic carbocycles. The van der Waals surface area contributed by atoms with Gasteiger partial charge in [0.05, 0.1) is 0 Å². The van der Waals surface area contributed by atoms with Crippen LogP contribution in [0, 0.1) is 5.92 Å². The van der Waals surface area contributed by atoms with Crippen molar-refractivity contribution in [2.45, 2.75) is 57.7 Å². The van der Waals surface area contributed by atoms with E-state index in [0.29, 0.717) is 0 Å². The molecule has 0 bridgehead atoms. The zero-order valence-corrected chi connectivity index (χ0v) is 16.1. The molecule has 0 heterocycles. The minimum atomic E-state index is -1.13. The van der Waals surface area contributed by atoms with Crippen LogP contribution in [0.5, 0.6) is 0 Å². The first-order chi connectivity index (χ1) is 13.3.